The van der Waals surface area contributed by atoms with Crippen molar-refractivity contribution in [3.8, 4) is 0 Å². The summed E-state index contributed by atoms with van der Waals surface area (Å²) < 4.78 is 4.53. The fourth-order valence-electron chi connectivity index (χ4n) is 0.737. The van der Waals surface area contributed by atoms with E-state index >= 15 is 0 Å². The Kier molecular flexibility index (Phi) is 9.40. The molecule has 0 bridgehead atoms. The highest BCUT2D eigenvalue weighted by Gasteiger charge is 2.18. The van der Waals surface area contributed by atoms with E-state index in [2.05, 4.69) is 4.74 Å². The van der Waals surface area contributed by atoms with Gasteiger partial charge in [0.1, 0.15) is 0 Å². The molecule has 88 valence electrons. The summed E-state index contributed by atoms with van der Waals surface area (Å²) in [5.41, 5.74) is 0. The zero-order valence-electron chi connectivity index (χ0n) is 7.48. The highest BCUT2D eigenvalue weighted by Crippen LogP contribution is 2.14. The quantitative estimate of drug-likeness (QED) is 0.542. The molecule has 0 saturated heterocycles. The minimum atomic E-state index is -1.26. The molecule has 15 heavy (non-hydrogen) atoms. The maximum Gasteiger partial charge on any atom is 0.371 e. The summed E-state index contributed by atoms with van der Waals surface area (Å²) in [6.07, 6.45) is 2.87. The summed E-state index contributed by atoms with van der Waals surface area (Å²) in [5, 5.41) is 16.8. The first kappa shape index (κ1) is 18.8. The fourth-order valence-corrected chi connectivity index (χ4v) is 0.737. The van der Waals surface area contributed by atoms with Crippen LogP contribution in [-0.2, 0) is 14.3 Å². The molecule has 8 heteroatoms. The van der Waals surface area contributed by atoms with E-state index in [1.807, 2.05) is 0 Å². The lowest BCUT2D eigenvalue weighted by atomic mass is 10.2. The molecule has 0 aromatic carbocycles. The molecule has 0 fully saturated rings. The molecule has 0 amide bonds. The summed E-state index contributed by atoms with van der Waals surface area (Å²) in [5.74, 6) is -3.20. The van der Waals surface area contributed by atoms with E-state index in [1.165, 1.54) is 12.2 Å². The summed E-state index contributed by atoms with van der Waals surface area (Å²) in [7, 11) is 0. The molecule has 8 N–H and O–H groups in total. The average Bonchev–Trinajstić information content (AvgIpc) is 2.04. The molecular formula is C7H12O8. The number of carboxylic acid groups (broad SMARTS) is 2. The molecule has 1 rings (SSSR count). The van der Waals surface area contributed by atoms with Gasteiger partial charge in [-0.25, -0.2) is 9.59 Å². The fraction of sp³-hybridized carbons (Fsp3) is 0.143. The minimum Gasteiger partial charge on any atom is -0.475 e. The first-order chi connectivity index (χ1) is 5.61. The van der Waals surface area contributed by atoms with Crippen LogP contribution in [-0.4, -0.2) is 38.6 Å². The van der Waals surface area contributed by atoms with Crippen LogP contribution in [0.3, 0.4) is 0 Å². The number of carbonyl (C=O) groups is 2. The van der Waals surface area contributed by atoms with Crippen molar-refractivity contribution in [3.05, 3.63) is 23.7 Å². The molecule has 1 aliphatic rings. The zero-order chi connectivity index (χ0) is 9.14. The van der Waals surface area contributed by atoms with E-state index in [9.17, 15) is 9.59 Å². The zero-order valence-corrected chi connectivity index (χ0v) is 7.48. The van der Waals surface area contributed by atoms with Gasteiger partial charge in [-0.1, -0.05) is 0 Å². The van der Waals surface area contributed by atoms with E-state index in [4.69, 9.17) is 10.2 Å². The monoisotopic (exact) mass is 224 g/mol. The third kappa shape index (κ3) is 4.76. The van der Waals surface area contributed by atoms with Crippen LogP contribution in [0.4, 0.5) is 0 Å². The van der Waals surface area contributed by atoms with Gasteiger partial charge in [0.2, 0.25) is 11.5 Å². The van der Waals surface area contributed by atoms with Crippen molar-refractivity contribution >= 4 is 11.9 Å². The molecule has 1 heterocycles. The SMILES string of the molecule is O.O.O.O=C(O)C1=CCC=C(C(=O)O)O1. The van der Waals surface area contributed by atoms with Gasteiger partial charge in [0.15, 0.2) is 0 Å². The molecule has 0 unspecified atom stereocenters. The van der Waals surface area contributed by atoms with Crippen LogP contribution < -0.4 is 0 Å². The Hall–Kier alpha value is -1.90. The number of hydrogen-bond donors (Lipinski definition) is 2. The van der Waals surface area contributed by atoms with Crippen LogP contribution in [0.1, 0.15) is 6.42 Å². The van der Waals surface area contributed by atoms with Crippen molar-refractivity contribution in [2.75, 3.05) is 0 Å². The van der Waals surface area contributed by atoms with Crippen LogP contribution >= 0.6 is 0 Å². The summed E-state index contributed by atoms with van der Waals surface area (Å²) >= 11 is 0. The maximum absolute atomic E-state index is 10.3. The lowest BCUT2D eigenvalue weighted by molar-refractivity contribution is -0.139. The highest BCUT2D eigenvalue weighted by atomic mass is 16.5. The standard InChI is InChI=1S/C7H6O5.3H2O/c8-6(9)4-2-1-3-5(12-4)7(10)11;;;/h2-3H,1H2,(H,8,9)(H,10,11);3*1H2. The second kappa shape index (κ2) is 7.50. The normalized spacial score (nSPS) is 12.5. The number of rotatable bonds is 2. The minimum absolute atomic E-state index is 0. The molecule has 0 aromatic heterocycles. The molecule has 0 atom stereocenters. The van der Waals surface area contributed by atoms with Gasteiger partial charge >= 0.3 is 11.9 Å². The Bertz CT molecular complexity index is 261. The topological polar surface area (TPSA) is 178 Å². The number of allylic oxidation sites excluding steroid dienone is 2. The number of ether oxygens (including phenoxy) is 1. The largest absolute Gasteiger partial charge is 0.475 e. The van der Waals surface area contributed by atoms with Crippen LogP contribution in [0.2, 0.25) is 0 Å². The molecule has 8 nitrogen and oxygen atoms in total. The lowest BCUT2D eigenvalue weighted by Crippen LogP contribution is -2.12. The predicted molar refractivity (Wildman–Crippen MR) is 48.0 cm³/mol. The summed E-state index contributed by atoms with van der Waals surface area (Å²) in [4.78, 5) is 20.6. The van der Waals surface area contributed by atoms with E-state index in [0.29, 0.717) is 0 Å². The Morgan fingerprint density at radius 2 is 1.33 bits per heavy atom. The van der Waals surface area contributed by atoms with Crippen LogP contribution in [0, 0.1) is 0 Å². The highest BCUT2D eigenvalue weighted by molar-refractivity contribution is 5.89. The molecule has 0 aromatic rings. The molecule has 0 saturated carbocycles. The Morgan fingerprint density at radius 3 is 1.60 bits per heavy atom. The Balaban J connectivity index is -0.000000480. The van der Waals surface area contributed by atoms with Gasteiger partial charge in [-0.15, -0.1) is 0 Å². The molecule has 1 aliphatic heterocycles. The van der Waals surface area contributed by atoms with Gasteiger partial charge in [-0.2, -0.15) is 0 Å². The van der Waals surface area contributed by atoms with Crippen molar-refractivity contribution in [2.45, 2.75) is 6.42 Å². The summed E-state index contributed by atoms with van der Waals surface area (Å²) in [6.45, 7) is 0. The van der Waals surface area contributed by atoms with E-state index in [0.717, 1.165) is 0 Å². The smallest absolute Gasteiger partial charge is 0.371 e. The van der Waals surface area contributed by atoms with Crippen molar-refractivity contribution in [1.29, 1.82) is 0 Å². The van der Waals surface area contributed by atoms with Gasteiger partial charge in [-0.05, 0) is 18.6 Å². The van der Waals surface area contributed by atoms with E-state index < -0.39 is 11.9 Å². The molecule has 0 radical (unpaired) electrons. The molecule has 0 spiro atoms. The molecule has 0 aliphatic carbocycles. The lowest BCUT2D eigenvalue weighted by Gasteiger charge is -2.09. The maximum atomic E-state index is 10.3. The first-order valence-corrected chi connectivity index (χ1v) is 3.16. The molecular weight excluding hydrogens is 212 g/mol. The van der Waals surface area contributed by atoms with Crippen molar-refractivity contribution < 1.29 is 41.0 Å². The van der Waals surface area contributed by atoms with Crippen LogP contribution in [0.15, 0.2) is 23.7 Å². The third-order valence-electron chi connectivity index (χ3n) is 1.25. The van der Waals surface area contributed by atoms with Crippen LogP contribution in [0.5, 0.6) is 0 Å². The van der Waals surface area contributed by atoms with Gasteiger partial charge in [-0.3, -0.25) is 0 Å². The number of aliphatic carboxylic acids is 2. The van der Waals surface area contributed by atoms with E-state index in [-0.39, 0.29) is 34.4 Å². The van der Waals surface area contributed by atoms with Crippen molar-refractivity contribution in [3.63, 3.8) is 0 Å². The van der Waals surface area contributed by atoms with Gasteiger partial charge in [0, 0.05) is 0 Å². The van der Waals surface area contributed by atoms with Crippen molar-refractivity contribution in [1.82, 2.24) is 0 Å². The third-order valence-corrected chi connectivity index (χ3v) is 1.25. The summed E-state index contributed by atoms with van der Waals surface area (Å²) in [6, 6.07) is 0. The first-order valence-electron chi connectivity index (χ1n) is 3.16. The predicted octanol–water partition coefficient (Wildman–Crippen LogP) is -2.13. The van der Waals surface area contributed by atoms with Gasteiger partial charge < -0.3 is 31.4 Å². The van der Waals surface area contributed by atoms with Gasteiger partial charge in [0.25, 0.3) is 0 Å². The van der Waals surface area contributed by atoms with Crippen molar-refractivity contribution in [2.24, 2.45) is 0 Å². The Morgan fingerprint density at radius 1 is 1.00 bits per heavy atom. The van der Waals surface area contributed by atoms with E-state index in [1.54, 1.807) is 0 Å². The van der Waals surface area contributed by atoms with Crippen LogP contribution in [0.25, 0.3) is 0 Å². The number of hydrogen-bond acceptors (Lipinski definition) is 3. The Labute approximate surface area is 84.0 Å². The second-order valence-electron chi connectivity index (χ2n) is 2.08. The van der Waals surface area contributed by atoms with Gasteiger partial charge in [0.05, 0.1) is 0 Å². The number of carboxylic acids is 2. The average molecular weight is 224 g/mol. The second-order valence-corrected chi connectivity index (χ2v) is 2.08.